The lowest BCUT2D eigenvalue weighted by atomic mass is 10.2. The molecule has 0 amide bonds. The molecule has 144 valence electrons. The monoisotopic (exact) mass is 378 g/mol. The van der Waals surface area contributed by atoms with E-state index in [1.165, 1.54) is 0 Å². The van der Waals surface area contributed by atoms with Gasteiger partial charge < -0.3 is 20.5 Å². The van der Waals surface area contributed by atoms with Gasteiger partial charge in [-0.3, -0.25) is 0 Å². The van der Waals surface area contributed by atoms with E-state index in [-0.39, 0.29) is 0 Å². The average molecular weight is 378 g/mol. The van der Waals surface area contributed by atoms with Gasteiger partial charge in [0, 0.05) is 29.1 Å². The highest BCUT2D eigenvalue weighted by molar-refractivity contribution is 5.78. The van der Waals surface area contributed by atoms with Crippen LogP contribution in [0, 0.1) is 0 Å². The fourth-order valence-corrected chi connectivity index (χ4v) is 3.80. The largest absolute Gasteiger partial charge is 0.548 e. The van der Waals surface area contributed by atoms with E-state index in [2.05, 4.69) is 10.2 Å². The van der Waals surface area contributed by atoms with E-state index in [9.17, 15) is 9.90 Å². The van der Waals surface area contributed by atoms with E-state index in [1.54, 1.807) is 0 Å². The molecule has 4 rings (SSSR count). The third-order valence-corrected chi connectivity index (χ3v) is 5.28. The van der Waals surface area contributed by atoms with Crippen molar-refractivity contribution < 1.29 is 14.5 Å². The summed E-state index contributed by atoms with van der Waals surface area (Å²) in [7, 11) is 3.86. The number of rotatable bonds is 4. The van der Waals surface area contributed by atoms with Crippen molar-refractivity contribution in [1.82, 2.24) is 4.57 Å². The number of anilines is 2. The third kappa shape index (κ3) is 3.06. The number of benzene rings is 2. The predicted octanol–water partition coefficient (Wildman–Crippen LogP) is 1.72. The Morgan fingerprint density at radius 1 is 1.21 bits per heavy atom. The van der Waals surface area contributed by atoms with Crippen LogP contribution in [0.25, 0.3) is 11.0 Å². The summed E-state index contributed by atoms with van der Waals surface area (Å²) in [6.07, 6.45) is 1.47. The lowest BCUT2D eigenvalue weighted by Crippen LogP contribution is -2.44. The summed E-state index contributed by atoms with van der Waals surface area (Å²) >= 11 is 0. The average Bonchev–Trinajstić information content (AvgIpc) is 3.26. The lowest BCUT2D eigenvalue weighted by molar-refractivity contribution is -0.632. The Labute approximate surface area is 162 Å². The maximum Gasteiger partial charge on any atom is 0.422 e. The zero-order valence-electron chi connectivity index (χ0n) is 15.9. The van der Waals surface area contributed by atoms with Crippen LogP contribution in [0.2, 0.25) is 0 Å². The molecule has 1 fully saturated rings. The number of carboxylic acids is 1. The van der Waals surface area contributed by atoms with Gasteiger partial charge in [-0.15, -0.1) is 0 Å². The van der Waals surface area contributed by atoms with Gasteiger partial charge in [0.2, 0.25) is 0 Å². The first-order valence-electron chi connectivity index (χ1n) is 9.19. The number of azo groups is 1. The molecule has 1 aromatic heterocycles. The molecule has 1 saturated heterocycles. The normalized spacial score (nSPS) is 17.1. The number of aryl methyl sites for hydroxylation is 2. The maximum atomic E-state index is 11.3. The summed E-state index contributed by atoms with van der Waals surface area (Å²) in [6.45, 7) is 0.717. The molecule has 1 aliphatic rings. The molecule has 2 heterocycles. The minimum Gasteiger partial charge on any atom is -0.548 e. The van der Waals surface area contributed by atoms with Gasteiger partial charge >= 0.3 is 5.95 Å². The number of imidazole rings is 1. The SMILES string of the molecule is Cn1c(N=Nc2ccc(N3CCCC3C(=O)[O-])cc2)[n+](C)c2ccc(N)cc21. The fourth-order valence-electron chi connectivity index (χ4n) is 3.80. The Morgan fingerprint density at radius 2 is 1.96 bits per heavy atom. The minimum absolute atomic E-state index is 0.560. The summed E-state index contributed by atoms with van der Waals surface area (Å²) in [6, 6.07) is 12.6. The first kappa shape index (κ1) is 18.0. The number of nitrogen functional groups attached to an aromatic ring is 1. The van der Waals surface area contributed by atoms with E-state index >= 15 is 0 Å². The summed E-state index contributed by atoms with van der Waals surface area (Å²) in [5.41, 5.74) is 10.1. The molecule has 0 aliphatic carbocycles. The van der Waals surface area contributed by atoms with Gasteiger partial charge in [0.15, 0.2) is 0 Å². The molecule has 2 N–H and O–H groups in total. The van der Waals surface area contributed by atoms with Crippen LogP contribution < -0.4 is 20.3 Å². The molecule has 1 unspecified atom stereocenters. The summed E-state index contributed by atoms with van der Waals surface area (Å²) in [4.78, 5) is 13.1. The van der Waals surface area contributed by atoms with Crippen LogP contribution in [0.5, 0.6) is 0 Å². The molecule has 1 atom stereocenters. The maximum absolute atomic E-state index is 11.3. The molecule has 0 spiro atoms. The summed E-state index contributed by atoms with van der Waals surface area (Å²) in [5.74, 6) is -0.327. The number of carboxylic acid groups (broad SMARTS) is 1. The number of carbonyl (C=O) groups is 1. The van der Waals surface area contributed by atoms with E-state index in [0.29, 0.717) is 30.3 Å². The zero-order chi connectivity index (χ0) is 19.8. The van der Waals surface area contributed by atoms with Crippen LogP contribution in [0.15, 0.2) is 52.7 Å². The van der Waals surface area contributed by atoms with Gasteiger partial charge in [0.1, 0.15) is 16.7 Å². The van der Waals surface area contributed by atoms with Crippen LogP contribution in [-0.2, 0) is 18.9 Å². The van der Waals surface area contributed by atoms with Crippen molar-refractivity contribution in [3.63, 3.8) is 0 Å². The van der Waals surface area contributed by atoms with E-state index in [4.69, 9.17) is 5.73 Å². The van der Waals surface area contributed by atoms with Crippen LogP contribution in [-0.4, -0.2) is 23.1 Å². The standard InChI is InChI=1S/C20H22N6O2/c1-24-16-10-5-13(21)12-18(16)25(2)20(24)23-22-14-6-8-15(9-7-14)26-11-3-4-17(26)19(27)28/h5-10,12,17H,3-4,11H2,1-2H3,(H2-,21,22,27,28). The second-order valence-corrected chi connectivity index (χ2v) is 7.05. The van der Waals surface area contributed by atoms with E-state index in [0.717, 1.165) is 23.1 Å². The smallest absolute Gasteiger partial charge is 0.422 e. The van der Waals surface area contributed by atoms with Gasteiger partial charge in [-0.05, 0) is 49.2 Å². The molecule has 0 saturated carbocycles. The number of nitrogens with two attached hydrogens (primary N) is 1. The quantitative estimate of drug-likeness (QED) is 0.424. The summed E-state index contributed by atoms with van der Waals surface area (Å²) in [5, 5.41) is 20.0. The van der Waals surface area contributed by atoms with Crippen molar-refractivity contribution in [2.45, 2.75) is 18.9 Å². The van der Waals surface area contributed by atoms with Crippen LogP contribution in [0.4, 0.5) is 23.0 Å². The van der Waals surface area contributed by atoms with Crippen molar-refractivity contribution >= 4 is 40.0 Å². The number of aliphatic carboxylic acids is 1. The second-order valence-electron chi connectivity index (χ2n) is 7.05. The molecular formula is C20H22N6O2. The van der Waals surface area contributed by atoms with Crippen molar-refractivity contribution in [2.24, 2.45) is 24.3 Å². The Hall–Kier alpha value is -3.42. The number of hydrogen-bond acceptors (Lipinski definition) is 6. The molecule has 28 heavy (non-hydrogen) atoms. The number of hydrogen-bond donors (Lipinski definition) is 1. The first-order valence-corrected chi connectivity index (χ1v) is 9.19. The number of nitrogens with zero attached hydrogens (tertiary/aromatic N) is 5. The van der Waals surface area contributed by atoms with Crippen LogP contribution in [0.1, 0.15) is 12.8 Å². The Morgan fingerprint density at radius 3 is 2.68 bits per heavy atom. The summed E-state index contributed by atoms with van der Waals surface area (Å²) < 4.78 is 3.90. The molecular weight excluding hydrogens is 356 g/mol. The fraction of sp³-hybridized carbons (Fsp3) is 0.300. The van der Waals surface area contributed by atoms with Gasteiger partial charge in [-0.25, -0.2) is 9.13 Å². The van der Waals surface area contributed by atoms with Crippen LogP contribution >= 0.6 is 0 Å². The van der Waals surface area contributed by atoms with Crippen molar-refractivity contribution in [2.75, 3.05) is 17.2 Å². The van der Waals surface area contributed by atoms with Crippen molar-refractivity contribution in [3.8, 4) is 0 Å². The van der Waals surface area contributed by atoms with Gasteiger partial charge in [0.25, 0.3) is 0 Å². The van der Waals surface area contributed by atoms with Gasteiger partial charge in [0.05, 0.1) is 26.1 Å². The molecule has 2 aromatic carbocycles. The van der Waals surface area contributed by atoms with Crippen LogP contribution in [0.3, 0.4) is 0 Å². The predicted molar refractivity (Wildman–Crippen MR) is 105 cm³/mol. The van der Waals surface area contributed by atoms with Gasteiger partial charge in [-0.2, -0.15) is 0 Å². The topological polar surface area (TPSA) is 103 Å². The highest BCUT2D eigenvalue weighted by Crippen LogP contribution is 2.28. The third-order valence-electron chi connectivity index (χ3n) is 5.28. The number of carbonyl (C=O) groups excluding carboxylic acids is 1. The van der Waals surface area contributed by atoms with E-state index < -0.39 is 12.0 Å². The molecule has 0 radical (unpaired) electrons. The highest BCUT2D eigenvalue weighted by Gasteiger charge is 2.25. The minimum atomic E-state index is -1.02. The Kier molecular flexibility index (Phi) is 4.46. The number of fused-ring (bicyclic) bond motifs is 1. The molecule has 8 heteroatoms. The van der Waals surface area contributed by atoms with E-state index in [1.807, 2.05) is 70.6 Å². The first-order chi connectivity index (χ1) is 13.5. The molecule has 3 aromatic rings. The molecule has 0 bridgehead atoms. The van der Waals surface area contributed by atoms with Gasteiger partial charge in [-0.1, -0.05) is 5.11 Å². The highest BCUT2D eigenvalue weighted by atomic mass is 16.4. The zero-order valence-corrected chi connectivity index (χ0v) is 15.9. The Balaban J connectivity index is 1.59. The molecule has 8 nitrogen and oxygen atoms in total. The lowest BCUT2D eigenvalue weighted by Gasteiger charge is -2.27. The number of aromatic nitrogens is 2. The second kappa shape index (κ2) is 6.95. The van der Waals surface area contributed by atoms with Crippen molar-refractivity contribution in [1.29, 1.82) is 0 Å². The Bertz CT molecular complexity index is 1070. The van der Waals surface area contributed by atoms with Crippen molar-refractivity contribution in [3.05, 3.63) is 42.5 Å². The molecule has 1 aliphatic heterocycles.